The van der Waals surface area contributed by atoms with E-state index >= 15 is 0 Å². The predicted octanol–water partition coefficient (Wildman–Crippen LogP) is 4.75. The molecule has 2 aromatic carbocycles. The van der Waals surface area contributed by atoms with Crippen molar-refractivity contribution in [2.75, 3.05) is 12.4 Å². The Hall–Kier alpha value is -3.65. The van der Waals surface area contributed by atoms with Gasteiger partial charge >= 0.3 is 5.97 Å². The minimum absolute atomic E-state index is 0.0664. The number of ether oxygens (including phenoxy) is 1. The summed E-state index contributed by atoms with van der Waals surface area (Å²) in [5.41, 5.74) is 4.16. The number of nitrogens with zero attached hydrogens (tertiary/aromatic N) is 4. The van der Waals surface area contributed by atoms with E-state index in [1.807, 2.05) is 66.9 Å². The van der Waals surface area contributed by atoms with Crippen LogP contribution in [0.2, 0.25) is 0 Å². The molecule has 3 heterocycles. The quantitative estimate of drug-likeness (QED) is 0.501. The summed E-state index contributed by atoms with van der Waals surface area (Å²) in [5.74, 6) is 0.128. The molecular weight excluding hydrogens is 448 g/mol. The fourth-order valence-electron chi connectivity index (χ4n) is 4.28. The number of amidine groups is 1. The van der Waals surface area contributed by atoms with Gasteiger partial charge in [0.1, 0.15) is 6.04 Å². The highest BCUT2D eigenvalue weighted by atomic mass is 32.2. The molecule has 0 spiro atoms. The number of allylic oxidation sites excluding steroid dienone is 1. The number of aliphatic imine (C=N–C) groups is 1. The number of hydrogen-bond acceptors (Lipinski definition) is 6. The number of carbonyl (C=O) groups is 2. The molecule has 1 unspecified atom stereocenters. The summed E-state index contributed by atoms with van der Waals surface area (Å²) >= 11 is 1.53. The molecule has 2 aliphatic rings. The maximum atomic E-state index is 13.2. The highest BCUT2D eigenvalue weighted by Crippen LogP contribution is 2.43. The maximum Gasteiger partial charge on any atom is 0.338 e. The minimum atomic E-state index is -0.681. The smallest absolute Gasteiger partial charge is 0.338 e. The molecule has 0 radical (unpaired) electrons. The summed E-state index contributed by atoms with van der Waals surface area (Å²) in [5, 5.41) is 5.52. The summed E-state index contributed by atoms with van der Waals surface area (Å²) < 4.78 is 7.21. The lowest BCUT2D eigenvalue weighted by Crippen LogP contribution is -2.45. The third-order valence-electron chi connectivity index (χ3n) is 5.81. The zero-order valence-corrected chi connectivity index (χ0v) is 19.8. The van der Waals surface area contributed by atoms with Crippen molar-refractivity contribution in [1.82, 2.24) is 14.7 Å². The number of rotatable bonds is 5. The Morgan fingerprint density at radius 1 is 1.12 bits per heavy atom. The number of aromatic nitrogens is 2. The lowest BCUT2D eigenvalue weighted by Gasteiger charge is -2.38. The lowest BCUT2D eigenvalue weighted by atomic mass is 9.92. The van der Waals surface area contributed by atoms with Gasteiger partial charge in [-0.3, -0.25) is 9.69 Å². The van der Waals surface area contributed by atoms with Gasteiger partial charge in [-0.15, -0.1) is 0 Å². The second-order valence-electron chi connectivity index (χ2n) is 7.96. The van der Waals surface area contributed by atoms with Crippen molar-refractivity contribution >= 4 is 28.8 Å². The molecule has 0 saturated carbocycles. The monoisotopic (exact) mass is 472 g/mol. The van der Waals surface area contributed by atoms with E-state index < -0.39 is 12.0 Å². The summed E-state index contributed by atoms with van der Waals surface area (Å²) in [4.78, 5) is 32.6. The van der Waals surface area contributed by atoms with E-state index in [0.717, 1.165) is 16.8 Å². The maximum absolute atomic E-state index is 13.2. The van der Waals surface area contributed by atoms with Gasteiger partial charge in [0.15, 0.2) is 5.17 Å². The van der Waals surface area contributed by atoms with Gasteiger partial charge in [-0.05, 0) is 26.0 Å². The second kappa shape index (κ2) is 9.30. The van der Waals surface area contributed by atoms with Gasteiger partial charge in [-0.25, -0.2) is 14.5 Å². The molecule has 0 aliphatic carbocycles. The Kier molecular flexibility index (Phi) is 6.06. The van der Waals surface area contributed by atoms with E-state index in [-0.39, 0.29) is 12.5 Å². The fourth-order valence-corrected chi connectivity index (χ4v) is 5.29. The average Bonchev–Trinajstić information content (AvgIpc) is 3.30. The van der Waals surface area contributed by atoms with E-state index in [0.29, 0.717) is 34.3 Å². The van der Waals surface area contributed by atoms with Crippen LogP contribution >= 0.6 is 11.8 Å². The van der Waals surface area contributed by atoms with Crippen LogP contribution in [0.3, 0.4) is 0 Å². The highest BCUT2D eigenvalue weighted by molar-refractivity contribution is 8.14. The molecule has 0 N–H and O–H groups in total. The van der Waals surface area contributed by atoms with E-state index in [2.05, 4.69) is 4.99 Å². The van der Waals surface area contributed by atoms with E-state index in [1.54, 1.807) is 23.4 Å². The van der Waals surface area contributed by atoms with Crippen molar-refractivity contribution in [3.63, 3.8) is 0 Å². The number of para-hydroxylation sites is 1. The van der Waals surface area contributed by atoms with Gasteiger partial charge in [0, 0.05) is 29.5 Å². The number of hydrogen-bond donors (Lipinski definition) is 0. The Balaban J connectivity index is 1.75. The number of thioether (sulfide) groups is 1. The third-order valence-corrected chi connectivity index (χ3v) is 6.76. The van der Waals surface area contributed by atoms with Crippen LogP contribution in [-0.2, 0) is 14.3 Å². The summed E-state index contributed by atoms with van der Waals surface area (Å²) in [6.07, 6.45) is 2.28. The fraction of sp³-hybridized carbons (Fsp3) is 0.231. The highest BCUT2D eigenvalue weighted by Gasteiger charge is 2.43. The molecule has 34 heavy (non-hydrogen) atoms. The predicted molar refractivity (Wildman–Crippen MR) is 132 cm³/mol. The number of amides is 1. The van der Waals surface area contributed by atoms with Crippen molar-refractivity contribution in [1.29, 1.82) is 0 Å². The van der Waals surface area contributed by atoms with E-state index in [9.17, 15) is 9.59 Å². The SMILES string of the molecule is CCOC(=O)C1=C(C)N=C2SCCC(=O)N2C1c1cn(-c2ccccc2)nc1-c1ccccc1. The average molecular weight is 473 g/mol. The van der Waals surface area contributed by atoms with Gasteiger partial charge in [0.05, 0.1) is 29.3 Å². The molecule has 1 fully saturated rings. The van der Waals surface area contributed by atoms with Crippen molar-refractivity contribution < 1.29 is 14.3 Å². The lowest BCUT2D eigenvalue weighted by molar-refractivity contribution is -0.139. The molecule has 7 nitrogen and oxygen atoms in total. The second-order valence-corrected chi connectivity index (χ2v) is 9.02. The Morgan fingerprint density at radius 2 is 1.82 bits per heavy atom. The summed E-state index contributed by atoms with van der Waals surface area (Å²) in [6, 6.07) is 18.9. The zero-order valence-electron chi connectivity index (χ0n) is 19.0. The van der Waals surface area contributed by atoms with Crippen LogP contribution in [0.4, 0.5) is 0 Å². The molecule has 2 aliphatic heterocycles. The number of benzene rings is 2. The van der Waals surface area contributed by atoms with Crippen molar-refractivity contribution in [3.05, 3.63) is 83.7 Å². The van der Waals surface area contributed by atoms with E-state index in [4.69, 9.17) is 9.84 Å². The molecule has 8 heteroatoms. The van der Waals surface area contributed by atoms with Gasteiger partial charge in [-0.2, -0.15) is 5.10 Å². The molecule has 1 saturated heterocycles. The Labute approximate surface area is 202 Å². The molecule has 1 amide bonds. The van der Waals surface area contributed by atoms with Crippen LogP contribution in [-0.4, -0.2) is 44.1 Å². The van der Waals surface area contributed by atoms with Gasteiger partial charge in [0.25, 0.3) is 0 Å². The first-order valence-corrected chi connectivity index (χ1v) is 12.2. The van der Waals surface area contributed by atoms with Crippen molar-refractivity contribution in [2.24, 2.45) is 4.99 Å². The molecule has 5 rings (SSSR count). The zero-order chi connectivity index (χ0) is 23.7. The van der Waals surface area contributed by atoms with Crippen LogP contribution in [0.1, 0.15) is 31.9 Å². The number of esters is 1. The normalized spacial score (nSPS) is 17.9. The molecular formula is C26H24N4O3S. The largest absolute Gasteiger partial charge is 0.463 e. The first-order chi connectivity index (χ1) is 16.6. The molecule has 172 valence electrons. The van der Waals surface area contributed by atoms with Gasteiger partial charge < -0.3 is 4.74 Å². The first-order valence-electron chi connectivity index (χ1n) is 11.2. The Bertz CT molecular complexity index is 1300. The molecule has 0 bridgehead atoms. The summed E-state index contributed by atoms with van der Waals surface area (Å²) in [7, 11) is 0. The van der Waals surface area contributed by atoms with Gasteiger partial charge in [0.2, 0.25) is 5.91 Å². The molecule has 1 atom stereocenters. The van der Waals surface area contributed by atoms with Crippen LogP contribution < -0.4 is 0 Å². The number of fused-ring (bicyclic) bond motifs is 1. The van der Waals surface area contributed by atoms with Crippen LogP contribution in [0.25, 0.3) is 16.9 Å². The molecule has 3 aromatic rings. The van der Waals surface area contributed by atoms with Crippen LogP contribution in [0.15, 0.2) is 83.1 Å². The Morgan fingerprint density at radius 3 is 2.53 bits per heavy atom. The summed E-state index contributed by atoms with van der Waals surface area (Å²) in [6.45, 7) is 3.80. The van der Waals surface area contributed by atoms with Gasteiger partial charge in [-0.1, -0.05) is 60.3 Å². The topological polar surface area (TPSA) is 76.8 Å². The van der Waals surface area contributed by atoms with Crippen LogP contribution in [0.5, 0.6) is 0 Å². The third kappa shape index (κ3) is 3.94. The van der Waals surface area contributed by atoms with Crippen molar-refractivity contribution in [3.8, 4) is 16.9 Å². The van der Waals surface area contributed by atoms with Crippen molar-refractivity contribution in [2.45, 2.75) is 26.3 Å². The van der Waals surface area contributed by atoms with Crippen LogP contribution in [0, 0.1) is 0 Å². The number of carbonyl (C=O) groups excluding carboxylic acids is 2. The first kappa shape index (κ1) is 22.2. The van der Waals surface area contributed by atoms with E-state index in [1.165, 1.54) is 11.8 Å². The standard InChI is InChI=1S/C26H24N4O3S/c1-3-33-25(32)22-17(2)27-26-30(21(31)14-15-34-26)24(22)20-16-29(19-12-8-5-9-13-19)28-23(20)18-10-6-4-7-11-18/h4-13,16,24H,3,14-15H2,1-2H3. The minimum Gasteiger partial charge on any atom is -0.463 e. The molecule has 1 aromatic heterocycles.